The zero-order chi connectivity index (χ0) is 24.2. The van der Waals surface area contributed by atoms with E-state index >= 15 is 0 Å². The van der Waals surface area contributed by atoms with Gasteiger partial charge < -0.3 is 20.2 Å². The number of benzene rings is 2. The molecule has 8 nitrogen and oxygen atoms in total. The molecule has 0 saturated carbocycles. The third-order valence-electron chi connectivity index (χ3n) is 6.44. The maximum atomic E-state index is 11.8. The van der Waals surface area contributed by atoms with E-state index in [0.29, 0.717) is 24.2 Å². The van der Waals surface area contributed by atoms with E-state index in [9.17, 15) is 14.7 Å². The van der Waals surface area contributed by atoms with Crippen LogP contribution in [0.5, 0.6) is 0 Å². The van der Waals surface area contributed by atoms with Crippen LogP contribution >= 0.6 is 0 Å². The first-order chi connectivity index (χ1) is 17.1. The van der Waals surface area contributed by atoms with Crippen LogP contribution in [-0.4, -0.2) is 37.1 Å². The number of allylic oxidation sites excluding steroid dienone is 2. The second kappa shape index (κ2) is 9.97. The highest BCUT2D eigenvalue weighted by Gasteiger charge is 2.22. The summed E-state index contributed by atoms with van der Waals surface area (Å²) < 4.78 is 1.51. The van der Waals surface area contributed by atoms with E-state index in [1.54, 1.807) is 12.5 Å². The Labute approximate surface area is 202 Å². The number of nitrogens with zero attached hydrogens (tertiary/aromatic N) is 3. The van der Waals surface area contributed by atoms with Gasteiger partial charge in [0, 0.05) is 6.20 Å². The fraction of sp³-hybridized carbons (Fsp3) is 0.259. The second-order valence-electron chi connectivity index (χ2n) is 8.76. The predicted molar refractivity (Wildman–Crippen MR) is 135 cm³/mol. The maximum absolute atomic E-state index is 11.8. The van der Waals surface area contributed by atoms with Gasteiger partial charge in [0.2, 0.25) is 0 Å². The SMILES string of the molecule is O=CC(CC(=O)O)n1nc(NCc2c[nH]cn2)c2c(-c3ccc(C4=CCCCC4)cc3)cccc21. The molecule has 0 saturated heterocycles. The van der Waals surface area contributed by atoms with E-state index in [2.05, 4.69) is 50.7 Å². The lowest BCUT2D eigenvalue weighted by Gasteiger charge is -2.14. The Morgan fingerprint density at radius 2 is 2.00 bits per heavy atom. The number of imidazole rings is 1. The molecular formula is C27H27N5O3. The Kier molecular flexibility index (Phi) is 6.43. The standard InChI is InChI=1S/C27H27N5O3/c33-16-22(13-25(34)35)32-24-8-4-7-23(26(24)27(31-32)29-15-21-14-28-17-30-21)20-11-9-19(10-12-20)18-5-2-1-3-6-18/h4-5,7-12,14,16-17,22H,1-3,6,13,15H2,(H,28,30)(H,29,31)(H,34,35). The first-order valence-corrected chi connectivity index (χ1v) is 11.8. The maximum Gasteiger partial charge on any atom is 0.305 e. The molecule has 1 unspecified atom stereocenters. The number of carboxylic acid groups (broad SMARTS) is 1. The third-order valence-corrected chi connectivity index (χ3v) is 6.44. The van der Waals surface area contributed by atoms with Gasteiger partial charge in [-0.2, -0.15) is 5.10 Å². The minimum absolute atomic E-state index is 0.340. The molecule has 0 aliphatic heterocycles. The lowest BCUT2D eigenvalue weighted by molar-refractivity contribution is -0.139. The summed E-state index contributed by atoms with van der Waals surface area (Å²) >= 11 is 0. The number of aldehydes is 1. The average Bonchev–Trinajstić information content (AvgIpc) is 3.54. The summed E-state index contributed by atoms with van der Waals surface area (Å²) in [5.74, 6) is -0.476. The van der Waals surface area contributed by atoms with Crippen LogP contribution in [0.2, 0.25) is 0 Å². The summed E-state index contributed by atoms with van der Waals surface area (Å²) in [6.45, 7) is 0.432. The van der Waals surface area contributed by atoms with Gasteiger partial charge >= 0.3 is 5.97 Å². The number of nitrogens with one attached hydrogen (secondary N) is 2. The number of hydrogen-bond donors (Lipinski definition) is 3. The van der Waals surface area contributed by atoms with Crippen LogP contribution in [0.3, 0.4) is 0 Å². The molecule has 0 fully saturated rings. The molecule has 1 aliphatic rings. The Hall–Kier alpha value is -4.20. The molecule has 0 radical (unpaired) electrons. The number of carbonyl (C=O) groups is 2. The number of rotatable bonds is 9. The molecule has 0 spiro atoms. The van der Waals surface area contributed by atoms with Crippen molar-refractivity contribution in [3.8, 4) is 11.1 Å². The summed E-state index contributed by atoms with van der Waals surface area (Å²) in [5, 5.41) is 18.1. The van der Waals surface area contributed by atoms with Crippen molar-refractivity contribution in [1.82, 2.24) is 19.7 Å². The number of carbonyl (C=O) groups excluding carboxylic acids is 1. The molecular weight excluding hydrogens is 442 g/mol. The van der Waals surface area contributed by atoms with Crippen molar-refractivity contribution in [2.75, 3.05) is 5.32 Å². The largest absolute Gasteiger partial charge is 0.481 e. The molecule has 1 atom stereocenters. The lowest BCUT2D eigenvalue weighted by atomic mass is 9.92. The van der Waals surface area contributed by atoms with Crippen LogP contribution in [0.15, 0.2) is 61.1 Å². The minimum atomic E-state index is -1.06. The number of H-pyrrole nitrogens is 1. The number of hydrogen-bond acceptors (Lipinski definition) is 5. The average molecular weight is 470 g/mol. The van der Waals surface area contributed by atoms with E-state index in [4.69, 9.17) is 0 Å². The van der Waals surface area contributed by atoms with Crippen LogP contribution in [-0.2, 0) is 16.1 Å². The summed E-state index contributed by atoms with van der Waals surface area (Å²) in [6.07, 6.45) is 10.8. The van der Waals surface area contributed by atoms with Gasteiger partial charge in [0.25, 0.3) is 0 Å². The van der Waals surface area contributed by atoms with Crippen LogP contribution in [0.4, 0.5) is 5.82 Å². The van der Waals surface area contributed by atoms with Gasteiger partial charge in [-0.25, -0.2) is 4.98 Å². The van der Waals surface area contributed by atoms with Gasteiger partial charge in [-0.1, -0.05) is 42.5 Å². The molecule has 35 heavy (non-hydrogen) atoms. The highest BCUT2D eigenvalue weighted by Crippen LogP contribution is 2.36. The van der Waals surface area contributed by atoms with Gasteiger partial charge in [0.05, 0.1) is 35.9 Å². The van der Waals surface area contributed by atoms with E-state index in [-0.39, 0.29) is 6.42 Å². The first kappa shape index (κ1) is 22.6. The molecule has 5 rings (SSSR count). The Morgan fingerprint density at radius 1 is 1.17 bits per heavy atom. The first-order valence-electron chi connectivity index (χ1n) is 11.8. The molecule has 0 bridgehead atoms. The van der Waals surface area contributed by atoms with Crippen LogP contribution in [0.25, 0.3) is 27.6 Å². The molecule has 8 heteroatoms. The van der Waals surface area contributed by atoms with Crippen molar-refractivity contribution in [3.63, 3.8) is 0 Å². The van der Waals surface area contributed by atoms with Gasteiger partial charge in [-0.05, 0) is 54.0 Å². The Bertz CT molecular complexity index is 1370. The molecule has 178 valence electrons. The fourth-order valence-electron chi connectivity index (χ4n) is 4.71. The molecule has 2 aromatic carbocycles. The van der Waals surface area contributed by atoms with E-state index < -0.39 is 12.0 Å². The number of fused-ring (bicyclic) bond motifs is 1. The zero-order valence-electron chi connectivity index (χ0n) is 19.3. The van der Waals surface area contributed by atoms with Crippen molar-refractivity contribution >= 4 is 34.5 Å². The number of aromatic amines is 1. The summed E-state index contributed by atoms with van der Waals surface area (Å²) in [4.78, 5) is 30.4. The number of aromatic nitrogens is 4. The third kappa shape index (κ3) is 4.73. The Morgan fingerprint density at radius 3 is 2.69 bits per heavy atom. The van der Waals surface area contributed by atoms with Gasteiger partial charge in [0.15, 0.2) is 5.82 Å². The minimum Gasteiger partial charge on any atom is -0.481 e. The zero-order valence-corrected chi connectivity index (χ0v) is 19.3. The van der Waals surface area contributed by atoms with Crippen molar-refractivity contribution in [3.05, 3.63) is 72.3 Å². The van der Waals surface area contributed by atoms with Crippen LogP contribution < -0.4 is 5.32 Å². The molecule has 0 amide bonds. The molecule has 4 aromatic rings. The number of carboxylic acids is 1. The summed E-state index contributed by atoms with van der Waals surface area (Å²) in [7, 11) is 0. The van der Waals surface area contributed by atoms with Gasteiger partial charge in [0.1, 0.15) is 12.3 Å². The van der Waals surface area contributed by atoms with Crippen LogP contribution in [0, 0.1) is 0 Å². The monoisotopic (exact) mass is 469 g/mol. The summed E-state index contributed by atoms with van der Waals surface area (Å²) in [6, 6.07) is 13.4. The highest BCUT2D eigenvalue weighted by molar-refractivity contribution is 6.03. The van der Waals surface area contributed by atoms with Crippen molar-refractivity contribution in [1.29, 1.82) is 0 Å². The molecule has 3 N–H and O–H groups in total. The Balaban J connectivity index is 1.58. The number of anilines is 1. The van der Waals surface area contributed by atoms with E-state index in [1.807, 2.05) is 18.2 Å². The lowest BCUT2D eigenvalue weighted by Crippen LogP contribution is -2.16. The molecule has 2 aromatic heterocycles. The highest BCUT2D eigenvalue weighted by atomic mass is 16.4. The van der Waals surface area contributed by atoms with E-state index in [0.717, 1.165) is 35.0 Å². The second-order valence-corrected chi connectivity index (χ2v) is 8.76. The van der Waals surface area contributed by atoms with Crippen molar-refractivity contribution in [2.24, 2.45) is 0 Å². The smallest absolute Gasteiger partial charge is 0.305 e. The van der Waals surface area contributed by atoms with Crippen molar-refractivity contribution < 1.29 is 14.7 Å². The fourth-order valence-corrected chi connectivity index (χ4v) is 4.71. The molecule has 2 heterocycles. The summed E-state index contributed by atoms with van der Waals surface area (Å²) in [5.41, 5.74) is 6.15. The topological polar surface area (TPSA) is 113 Å². The predicted octanol–water partition coefficient (Wildman–Crippen LogP) is 5.21. The number of aliphatic carboxylic acids is 1. The quantitative estimate of drug-likeness (QED) is 0.290. The normalized spacial score (nSPS) is 14.5. The van der Waals surface area contributed by atoms with Gasteiger partial charge in [-0.15, -0.1) is 0 Å². The van der Waals surface area contributed by atoms with Crippen LogP contribution in [0.1, 0.15) is 49.4 Å². The van der Waals surface area contributed by atoms with Gasteiger partial charge in [-0.3, -0.25) is 9.48 Å². The molecule has 1 aliphatic carbocycles. The van der Waals surface area contributed by atoms with E-state index in [1.165, 1.54) is 28.7 Å². The van der Waals surface area contributed by atoms with Crippen molar-refractivity contribution in [2.45, 2.75) is 44.7 Å².